The number of carbonyl (C=O) groups excluding carboxylic acids is 3. The fraction of sp³-hybridized carbons (Fsp3) is 0.538. The number of urea groups is 1. The van der Waals surface area contributed by atoms with E-state index in [4.69, 9.17) is 0 Å². The van der Waals surface area contributed by atoms with E-state index in [1.807, 2.05) is 5.38 Å². The summed E-state index contributed by atoms with van der Waals surface area (Å²) < 4.78 is 4.36. The molecule has 0 aliphatic heterocycles. The molecule has 1 heterocycles. The highest BCUT2D eigenvalue weighted by Crippen LogP contribution is 2.19. The Kier molecular flexibility index (Phi) is 7.46. The number of amides is 2. The van der Waals surface area contributed by atoms with E-state index >= 15 is 0 Å². The van der Waals surface area contributed by atoms with Crippen LogP contribution in [0.2, 0.25) is 0 Å². The lowest BCUT2D eigenvalue weighted by atomic mass is 10.2. The predicted octanol–water partition coefficient (Wildman–Crippen LogP) is 2.22. The number of carbonyl (C=O) groups is 3. The van der Waals surface area contributed by atoms with E-state index in [1.54, 1.807) is 18.4 Å². The minimum atomic E-state index is -1.02. The molecule has 0 unspecified atom stereocenters. The Balaban J connectivity index is 2.62. The van der Waals surface area contributed by atoms with Crippen LogP contribution in [0.5, 0.6) is 0 Å². The van der Waals surface area contributed by atoms with Gasteiger partial charge in [-0.1, -0.05) is 13.8 Å². The summed E-state index contributed by atoms with van der Waals surface area (Å²) in [6.45, 7) is 4.41. The monoisotopic (exact) mass is 391 g/mol. The summed E-state index contributed by atoms with van der Waals surface area (Å²) in [6, 6.07) is -1.50. The molecule has 0 bridgehead atoms. The molecule has 122 valence electrons. The number of aromatic nitrogens is 1. The standard InChI is InChI=1S/C13H18BrN3O4S/c1-8(2)11-15-9(7-22-11)6-17(3)13(20)16-10(4-5-18)12(19)21-14/h5,7-8,10H,4,6H2,1-3H3,(H,16,20)/t10-/m0/s1. The van der Waals surface area contributed by atoms with Crippen LogP contribution in [0.4, 0.5) is 4.79 Å². The molecular weight excluding hydrogens is 374 g/mol. The highest BCUT2D eigenvalue weighted by atomic mass is 79.9. The maximum Gasteiger partial charge on any atom is 0.340 e. The molecule has 1 aromatic heterocycles. The van der Waals surface area contributed by atoms with E-state index in [1.165, 1.54) is 4.90 Å². The first-order chi connectivity index (χ1) is 10.4. The van der Waals surface area contributed by atoms with E-state index in [0.29, 0.717) is 18.7 Å². The van der Waals surface area contributed by atoms with Crippen LogP contribution >= 0.6 is 27.6 Å². The lowest BCUT2D eigenvalue weighted by Crippen LogP contribution is -2.46. The van der Waals surface area contributed by atoms with Gasteiger partial charge < -0.3 is 18.8 Å². The molecular formula is C13H18BrN3O4S. The molecule has 22 heavy (non-hydrogen) atoms. The molecule has 0 saturated heterocycles. The Morgan fingerprint density at radius 2 is 2.23 bits per heavy atom. The number of hydrogen-bond acceptors (Lipinski definition) is 6. The number of thiazole rings is 1. The van der Waals surface area contributed by atoms with E-state index in [9.17, 15) is 14.4 Å². The number of halogens is 1. The van der Waals surface area contributed by atoms with E-state index in [0.717, 1.165) is 10.7 Å². The van der Waals surface area contributed by atoms with Crippen molar-refractivity contribution < 1.29 is 18.2 Å². The van der Waals surface area contributed by atoms with Crippen LogP contribution in [-0.2, 0) is 20.0 Å². The summed E-state index contributed by atoms with van der Waals surface area (Å²) in [4.78, 5) is 39.8. The minimum absolute atomic E-state index is 0.155. The van der Waals surface area contributed by atoms with Crippen molar-refractivity contribution in [1.29, 1.82) is 0 Å². The summed E-state index contributed by atoms with van der Waals surface area (Å²) in [5.74, 6) is -0.395. The van der Waals surface area contributed by atoms with E-state index in [-0.39, 0.29) is 6.42 Å². The molecule has 0 spiro atoms. The van der Waals surface area contributed by atoms with Gasteiger partial charge in [0.2, 0.25) is 0 Å². The Labute approximate surface area is 141 Å². The van der Waals surface area contributed by atoms with Crippen LogP contribution in [0.15, 0.2) is 5.38 Å². The Morgan fingerprint density at radius 1 is 1.55 bits per heavy atom. The van der Waals surface area contributed by atoms with Gasteiger partial charge in [-0.2, -0.15) is 0 Å². The van der Waals surface area contributed by atoms with Crippen molar-refractivity contribution in [3.8, 4) is 0 Å². The third-order valence-electron chi connectivity index (χ3n) is 2.80. The van der Waals surface area contributed by atoms with Crippen molar-refractivity contribution in [2.45, 2.75) is 38.8 Å². The second-order valence-electron chi connectivity index (χ2n) is 4.99. The Morgan fingerprint density at radius 3 is 2.73 bits per heavy atom. The van der Waals surface area contributed by atoms with E-state index < -0.39 is 18.0 Å². The average molecular weight is 392 g/mol. The smallest absolute Gasteiger partial charge is 0.340 e. The summed E-state index contributed by atoms with van der Waals surface area (Å²) in [7, 11) is 1.58. The zero-order chi connectivity index (χ0) is 16.7. The van der Waals surface area contributed by atoms with Gasteiger partial charge in [0, 0.05) is 24.8 Å². The number of rotatable bonds is 7. The third-order valence-corrected chi connectivity index (χ3v) is 4.31. The summed E-state index contributed by atoms with van der Waals surface area (Å²) >= 11 is 4.09. The number of nitrogens with one attached hydrogen (secondary N) is 1. The highest BCUT2D eigenvalue weighted by Gasteiger charge is 2.23. The topological polar surface area (TPSA) is 88.6 Å². The van der Waals surface area contributed by atoms with Gasteiger partial charge >= 0.3 is 12.0 Å². The zero-order valence-corrected chi connectivity index (χ0v) is 14.9. The summed E-state index contributed by atoms with van der Waals surface area (Å²) in [5.41, 5.74) is 0.779. The van der Waals surface area contributed by atoms with Crippen LogP contribution in [0, 0.1) is 0 Å². The van der Waals surface area contributed by atoms with Gasteiger partial charge in [-0.05, 0) is 0 Å². The fourth-order valence-electron chi connectivity index (χ4n) is 1.60. The first-order valence-corrected chi connectivity index (χ1v) is 8.13. The minimum Gasteiger partial charge on any atom is -0.382 e. The maximum absolute atomic E-state index is 12.0. The van der Waals surface area contributed by atoms with Gasteiger partial charge in [-0.15, -0.1) is 11.3 Å². The highest BCUT2D eigenvalue weighted by molar-refractivity contribution is 9.06. The van der Waals surface area contributed by atoms with Crippen molar-refractivity contribution in [2.75, 3.05) is 7.05 Å². The molecule has 1 aromatic rings. The van der Waals surface area contributed by atoms with Gasteiger partial charge in [0.15, 0.2) is 16.3 Å². The molecule has 0 aliphatic rings. The van der Waals surface area contributed by atoms with Crippen molar-refractivity contribution in [3.05, 3.63) is 16.1 Å². The first-order valence-electron chi connectivity index (χ1n) is 6.61. The third kappa shape index (κ3) is 5.38. The quantitative estimate of drug-likeness (QED) is 0.719. The van der Waals surface area contributed by atoms with Crippen LogP contribution < -0.4 is 5.32 Å². The molecule has 1 rings (SSSR count). The predicted molar refractivity (Wildman–Crippen MR) is 85.7 cm³/mol. The number of hydrogen-bond donors (Lipinski definition) is 1. The largest absolute Gasteiger partial charge is 0.382 e. The molecule has 0 aromatic carbocycles. The summed E-state index contributed by atoms with van der Waals surface area (Å²) in [5, 5.41) is 5.35. The van der Waals surface area contributed by atoms with Crippen LogP contribution in [0.25, 0.3) is 0 Å². The lowest BCUT2D eigenvalue weighted by Gasteiger charge is -2.20. The molecule has 0 saturated carbocycles. The molecule has 1 atom stereocenters. The van der Waals surface area contributed by atoms with Crippen LogP contribution in [0.3, 0.4) is 0 Å². The maximum atomic E-state index is 12.0. The first kappa shape index (κ1) is 18.6. The molecule has 0 radical (unpaired) electrons. The fourth-order valence-corrected chi connectivity index (χ4v) is 2.65. The molecule has 7 nitrogen and oxygen atoms in total. The van der Waals surface area contributed by atoms with Crippen molar-refractivity contribution >= 4 is 45.9 Å². The second-order valence-corrected chi connectivity index (χ2v) is 6.20. The van der Waals surface area contributed by atoms with Crippen molar-refractivity contribution in [1.82, 2.24) is 15.2 Å². The van der Waals surface area contributed by atoms with Gasteiger partial charge in [0.1, 0.15) is 12.3 Å². The average Bonchev–Trinajstić information content (AvgIpc) is 2.94. The van der Waals surface area contributed by atoms with Crippen LogP contribution in [0.1, 0.15) is 36.9 Å². The van der Waals surface area contributed by atoms with Gasteiger partial charge in [-0.25, -0.2) is 14.6 Å². The SMILES string of the molecule is CC(C)c1nc(CN(C)C(=O)N[C@@H](CC=O)C(=O)OBr)cs1. The Hall–Kier alpha value is -1.48. The Bertz CT molecular complexity index is 535. The zero-order valence-electron chi connectivity index (χ0n) is 12.5. The molecule has 1 N–H and O–H groups in total. The van der Waals surface area contributed by atoms with Gasteiger partial charge in [0.05, 0.1) is 17.2 Å². The number of nitrogens with zero attached hydrogens (tertiary/aromatic N) is 2. The molecule has 0 fully saturated rings. The van der Waals surface area contributed by atoms with Crippen molar-refractivity contribution in [2.24, 2.45) is 0 Å². The second kappa shape index (κ2) is 8.84. The molecule has 2 amide bonds. The molecule has 0 aliphatic carbocycles. The van der Waals surface area contributed by atoms with Crippen LogP contribution in [-0.4, -0.2) is 41.3 Å². The van der Waals surface area contributed by atoms with E-state index in [2.05, 4.69) is 44.2 Å². The summed E-state index contributed by atoms with van der Waals surface area (Å²) in [6.07, 6.45) is 0.391. The van der Waals surface area contributed by atoms with Gasteiger partial charge in [-0.3, -0.25) is 0 Å². The lowest BCUT2D eigenvalue weighted by molar-refractivity contribution is -0.135. The van der Waals surface area contributed by atoms with Gasteiger partial charge in [0.25, 0.3) is 0 Å². The molecule has 9 heteroatoms. The number of aldehydes is 1. The van der Waals surface area contributed by atoms with Crippen molar-refractivity contribution in [3.63, 3.8) is 0 Å². The normalized spacial score (nSPS) is 11.9.